The summed E-state index contributed by atoms with van der Waals surface area (Å²) in [5.74, 6) is -3.51. The highest BCUT2D eigenvalue weighted by atomic mass is 16.4. The second kappa shape index (κ2) is 21.1. The number of benzene rings is 3. The fourth-order valence-corrected chi connectivity index (χ4v) is 8.99. The molecule has 6 atom stereocenters. The molecular weight excluding hydrogens is 737 g/mol. The quantitative estimate of drug-likeness (QED) is 0.0735. The molecule has 3 heterocycles. The van der Waals surface area contributed by atoms with Crippen molar-refractivity contribution in [3.63, 3.8) is 0 Å². The molecule has 8 N–H and O–H groups in total. The van der Waals surface area contributed by atoms with Gasteiger partial charge in [0.1, 0.15) is 0 Å². The summed E-state index contributed by atoms with van der Waals surface area (Å²) in [6.45, 7) is 6.42. The predicted octanol–water partition coefficient (Wildman–Crippen LogP) is 3.84. The van der Waals surface area contributed by atoms with Crippen molar-refractivity contribution in [2.75, 3.05) is 76.1 Å². The zero-order valence-corrected chi connectivity index (χ0v) is 33.3. The van der Waals surface area contributed by atoms with Crippen molar-refractivity contribution >= 4 is 35.2 Å². The number of carboxylic acid groups (broad SMARTS) is 3. The molecule has 0 spiro atoms. The number of aliphatic carboxylic acids is 3. The monoisotopic (exact) mass is 796 g/mol. The number of anilines is 2. The third kappa shape index (κ3) is 12.3. The molecule has 0 bridgehead atoms. The van der Waals surface area contributed by atoms with Gasteiger partial charge in [-0.3, -0.25) is 19.2 Å². The van der Waals surface area contributed by atoms with E-state index in [-0.39, 0.29) is 30.1 Å². The van der Waals surface area contributed by atoms with Gasteiger partial charge < -0.3 is 46.8 Å². The van der Waals surface area contributed by atoms with E-state index in [0.29, 0.717) is 65.1 Å². The second-order valence-corrected chi connectivity index (χ2v) is 16.3. The molecule has 13 nitrogen and oxygen atoms in total. The van der Waals surface area contributed by atoms with E-state index in [1.807, 2.05) is 77.7 Å². The minimum Gasteiger partial charge on any atom is -0.481 e. The molecule has 6 rings (SSSR count). The lowest BCUT2D eigenvalue weighted by Gasteiger charge is -2.24. The lowest BCUT2D eigenvalue weighted by Crippen LogP contribution is -2.39. The molecule has 0 aromatic heterocycles. The smallest absolute Gasteiger partial charge is 0.307 e. The van der Waals surface area contributed by atoms with Gasteiger partial charge in [0.2, 0.25) is 5.91 Å². The number of hydrogen-bond donors (Lipinski definition) is 8. The molecule has 0 saturated carbocycles. The van der Waals surface area contributed by atoms with Crippen LogP contribution in [0.1, 0.15) is 41.5 Å². The number of nitrogens with zero attached hydrogens (tertiary/aromatic N) is 1. The van der Waals surface area contributed by atoms with E-state index < -0.39 is 35.7 Å². The number of hydrogen-bond acceptors (Lipinski definition) is 9. The zero-order chi connectivity index (χ0) is 40.9. The van der Waals surface area contributed by atoms with Gasteiger partial charge >= 0.3 is 17.9 Å². The molecule has 3 aliphatic heterocycles. The average Bonchev–Trinajstić information content (AvgIpc) is 4.03. The predicted molar refractivity (Wildman–Crippen MR) is 224 cm³/mol. The van der Waals surface area contributed by atoms with Gasteiger partial charge in [0, 0.05) is 37.6 Å². The van der Waals surface area contributed by atoms with Crippen LogP contribution < -0.4 is 26.6 Å². The minimum absolute atomic E-state index is 0.0537. The molecule has 0 unspecified atom stereocenters. The summed E-state index contributed by atoms with van der Waals surface area (Å²) in [7, 11) is 0. The van der Waals surface area contributed by atoms with Gasteiger partial charge in [-0.25, -0.2) is 0 Å². The summed E-state index contributed by atoms with van der Waals surface area (Å²) in [6.07, 6.45) is 4.03. The maximum absolute atomic E-state index is 14.0. The topological polar surface area (TPSA) is 192 Å². The zero-order valence-electron chi connectivity index (χ0n) is 33.3. The highest BCUT2D eigenvalue weighted by Crippen LogP contribution is 2.27. The van der Waals surface area contributed by atoms with Gasteiger partial charge in [-0.05, 0) is 142 Å². The van der Waals surface area contributed by atoms with E-state index in [4.69, 9.17) is 0 Å². The first kappa shape index (κ1) is 42.6. The van der Waals surface area contributed by atoms with Crippen LogP contribution in [0.15, 0.2) is 72.8 Å². The molecule has 3 aromatic rings. The van der Waals surface area contributed by atoms with Crippen molar-refractivity contribution in [1.29, 1.82) is 0 Å². The van der Waals surface area contributed by atoms with Crippen LogP contribution in [0.4, 0.5) is 11.4 Å². The molecule has 3 fully saturated rings. The molecule has 312 valence electrons. The Morgan fingerprint density at radius 2 is 0.948 bits per heavy atom. The molecule has 3 aliphatic rings. The van der Waals surface area contributed by atoms with Crippen LogP contribution in [0.2, 0.25) is 0 Å². The summed E-state index contributed by atoms with van der Waals surface area (Å²) in [6, 6.07) is 23.4. The summed E-state index contributed by atoms with van der Waals surface area (Å²) in [5.41, 5.74) is 5.36. The third-order valence-corrected chi connectivity index (χ3v) is 12.3. The molecular formula is C45H60N6O7. The first-order valence-corrected chi connectivity index (χ1v) is 20.9. The summed E-state index contributed by atoms with van der Waals surface area (Å²) in [5, 5.41) is 46.7. The minimum atomic E-state index is -0.793. The number of amides is 1. The Balaban J connectivity index is 1.10. The summed E-state index contributed by atoms with van der Waals surface area (Å²) < 4.78 is 0. The maximum atomic E-state index is 14.0. The number of carbonyl (C=O) groups excluding carboxylic acids is 1. The fraction of sp³-hybridized carbons (Fsp3) is 0.511. The molecule has 0 aliphatic carbocycles. The summed E-state index contributed by atoms with van der Waals surface area (Å²) >= 11 is 0. The Labute approximate surface area is 341 Å². The van der Waals surface area contributed by atoms with Crippen molar-refractivity contribution in [1.82, 2.24) is 20.9 Å². The van der Waals surface area contributed by atoms with Crippen LogP contribution in [0, 0.1) is 35.5 Å². The standard InChI is InChI=1S/C45H60N6O7/c52-42(26-31-5-1-4-30(20-31)23-39(43(53)54)34-10-13-46-27-34)51(18-16-49-37-8-2-6-32(21-37)24-40(44(55)56)35-11-14-47-28-35)19-17-50-38-9-3-7-33(22-38)25-41(45(57)58)36-12-15-48-29-36/h1-9,20-22,34-36,39-41,46-50H,10-19,23-29H2,(H,53,54)(H,55,56)(H,57,58)/t34-,35-,36-,39-,40-,41-/m0/s1. The van der Waals surface area contributed by atoms with Crippen molar-refractivity contribution in [3.05, 3.63) is 95.1 Å². The average molecular weight is 797 g/mol. The third-order valence-electron chi connectivity index (χ3n) is 12.3. The number of nitrogens with one attached hydrogen (secondary N) is 5. The van der Waals surface area contributed by atoms with E-state index in [1.165, 1.54) is 0 Å². The number of rotatable bonds is 22. The lowest BCUT2D eigenvalue weighted by molar-refractivity contribution is -0.144. The van der Waals surface area contributed by atoms with E-state index >= 15 is 0 Å². The second-order valence-electron chi connectivity index (χ2n) is 16.3. The molecule has 1 amide bonds. The van der Waals surface area contributed by atoms with Crippen molar-refractivity contribution in [2.24, 2.45) is 35.5 Å². The van der Waals surface area contributed by atoms with E-state index in [9.17, 15) is 34.5 Å². The Hall–Kier alpha value is -4.98. The Bertz CT molecular complexity index is 1750. The van der Waals surface area contributed by atoms with Crippen LogP contribution in [0.25, 0.3) is 0 Å². The lowest BCUT2D eigenvalue weighted by atomic mass is 9.86. The SMILES string of the molecule is O=C(O)[C@@H](Cc1cccc(CC(=O)N(CCNc2cccc(C[C@H](C(=O)O)[C@H]3CCNC3)c2)CCNc2cccc(C[C@H](C(=O)O)[C@H]3CCNC3)c2)c1)[C@H]1CCNC1. The highest BCUT2D eigenvalue weighted by molar-refractivity contribution is 5.79. The van der Waals surface area contributed by atoms with Crippen molar-refractivity contribution in [2.45, 2.75) is 44.9 Å². The number of carboxylic acids is 3. The van der Waals surface area contributed by atoms with Gasteiger partial charge in [0.25, 0.3) is 0 Å². The highest BCUT2D eigenvalue weighted by Gasteiger charge is 2.33. The Kier molecular flexibility index (Phi) is 15.5. The van der Waals surface area contributed by atoms with Gasteiger partial charge in [0.05, 0.1) is 24.2 Å². The van der Waals surface area contributed by atoms with E-state index in [0.717, 1.165) is 72.5 Å². The van der Waals surface area contributed by atoms with Crippen molar-refractivity contribution < 1.29 is 34.5 Å². The van der Waals surface area contributed by atoms with Gasteiger partial charge in [-0.2, -0.15) is 0 Å². The first-order chi connectivity index (χ1) is 28.1. The fourth-order valence-electron chi connectivity index (χ4n) is 8.99. The van der Waals surface area contributed by atoms with Crippen LogP contribution in [0.5, 0.6) is 0 Å². The van der Waals surface area contributed by atoms with Crippen LogP contribution in [0.3, 0.4) is 0 Å². The van der Waals surface area contributed by atoms with Crippen LogP contribution >= 0.6 is 0 Å². The largest absolute Gasteiger partial charge is 0.481 e. The first-order valence-electron chi connectivity index (χ1n) is 20.9. The van der Waals surface area contributed by atoms with Gasteiger partial charge in [0.15, 0.2) is 0 Å². The molecule has 0 radical (unpaired) electrons. The normalized spacial score (nSPS) is 20.6. The van der Waals surface area contributed by atoms with Crippen LogP contribution in [-0.2, 0) is 44.9 Å². The Morgan fingerprint density at radius 3 is 1.33 bits per heavy atom. The number of carbonyl (C=O) groups is 4. The molecule has 3 aromatic carbocycles. The van der Waals surface area contributed by atoms with Crippen LogP contribution in [-0.4, -0.2) is 109 Å². The van der Waals surface area contributed by atoms with E-state index in [1.54, 1.807) is 0 Å². The van der Waals surface area contributed by atoms with Gasteiger partial charge in [-0.1, -0.05) is 48.5 Å². The maximum Gasteiger partial charge on any atom is 0.307 e. The molecule has 58 heavy (non-hydrogen) atoms. The molecule has 3 saturated heterocycles. The van der Waals surface area contributed by atoms with E-state index in [2.05, 4.69) is 26.6 Å². The van der Waals surface area contributed by atoms with Gasteiger partial charge in [-0.15, -0.1) is 0 Å². The van der Waals surface area contributed by atoms with Crippen molar-refractivity contribution in [3.8, 4) is 0 Å². The molecule has 13 heteroatoms. The Morgan fingerprint density at radius 1 is 0.569 bits per heavy atom. The summed E-state index contributed by atoms with van der Waals surface area (Å²) in [4.78, 5) is 52.3.